The van der Waals surface area contributed by atoms with E-state index >= 15 is 0 Å². The van der Waals surface area contributed by atoms with Gasteiger partial charge in [0, 0.05) is 29.2 Å². The van der Waals surface area contributed by atoms with Crippen LogP contribution in [0.1, 0.15) is 18.1 Å². The second kappa shape index (κ2) is 4.18. The van der Waals surface area contributed by atoms with Crippen molar-refractivity contribution in [1.29, 1.82) is 0 Å². The average Bonchev–Trinajstić information content (AvgIpc) is 2.66. The van der Waals surface area contributed by atoms with E-state index in [2.05, 4.69) is 22.7 Å². The summed E-state index contributed by atoms with van der Waals surface area (Å²) in [6.45, 7) is 4.97. The van der Waals surface area contributed by atoms with Crippen LogP contribution in [0.3, 0.4) is 0 Å². The van der Waals surface area contributed by atoms with E-state index in [4.69, 9.17) is 16.8 Å². The van der Waals surface area contributed by atoms with Crippen LogP contribution in [-0.2, 0) is 6.54 Å². The smallest absolute Gasteiger partial charge is 0.177 e. The first-order valence-corrected chi connectivity index (χ1v) is 5.52. The molecule has 3 nitrogen and oxygen atoms in total. The van der Waals surface area contributed by atoms with Crippen molar-refractivity contribution in [2.24, 2.45) is 5.16 Å². The van der Waals surface area contributed by atoms with Crippen LogP contribution in [-0.4, -0.2) is 14.9 Å². The maximum absolute atomic E-state index is 8.73. The van der Waals surface area contributed by atoms with E-state index in [1.165, 1.54) is 5.56 Å². The van der Waals surface area contributed by atoms with Crippen LogP contribution in [0.15, 0.2) is 29.6 Å². The second-order valence-corrected chi connectivity index (χ2v) is 4.10. The van der Waals surface area contributed by atoms with Crippen LogP contribution in [0.2, 0.25) is 0 Å². The standard InChI is InChI=1S/C12H13ClN2O/c1-3-15-7-10(12(13)14-16)9-5-4-8(2)6-11(9)15/h4-7,16H,3H2,1-2H3/b14-12-. The summed E-state index contributed by atoms with van der Waals surface area (Å²) in [5.74, 6) is 0. The molecule has 0 aliphatic carbocycles. The third-order valence-corrected chi connectivity index (χ3v) is 2.97. The molecular weight excluding hydrogens is 224 g/mol. The molecule has 0 amide bonds. The Kier molecular flexibility index (Phi) is 2.88. The molecule has 1 aromatic heterocycles. The fraction of sp³-hybridized carbons (Fsp3) is 0.250. The Hall–Kier alpha value is -1.48. The van der Waals surface area contributed by atoms with Crippen LogP contribution in [0.25, 0.3) is 10.9 Å². The normalized spacial score (nSPS) is 12.3. The number of rotatable bonds is 2. The molecule has 1 heterocycles. The number of benzene rings is 1. The van der Waals surface area contributed by atoms with Crippen LogP contribution in [0.5, 0.6) is 0 Å². The van der Waals surface area contributed by atoms with Gasteiger partial charge in [0.05, 0.1) is 0 Å². The van der Waals surface area contributed by atoms with E-state index in [1.54, 1.807) is 0 Å². The molecule has 0 aliphatic rings. The number of nitrogens with zero attached hydrogens (tertiary/aromatic N) is 2. The summed E-state index contributed by atoms with van der Waals surface area (Å²) >= 11 is 5.87. The van der Waals surface area contributed by atoms with E-state index < -0.39 is 0 Å². The van der Waals surface area contributed by atoms with Gasteiger partial charge in [-0.25, -0.2) is 0 Å². The van der Waals surface area contributed by atoms with Gasteiger partial charge < -0.3 is 9.77 Å². The highest BCUT2D eigenvalue weighted by molar-refractivity contribution is 6.70. The maximum atomic E-state index is 8.73. The van der Waals surface area contributed by atoms with Gasteiger partial charge in [-0.1, -0.05) is 28.9 Å². The van der Waals surface area contributed by atoms with Crippen molar-refractivity contribution >= 4 is 27.7 Å². The molecule has 1 N–H and O–H groups in total. The molecule has 0 unspecified atom stereocenters. The molecule has 0 saturated carbocycles. The Balaban J connectivity index is 2.78. The van der Waals surface area contributed by atoms with Crippen molar-refractivity contribution in [1.82, 2.24) is 4.57 Å². The second-order valence-electron chi connectivity index (χ2n) is 3.74. The lowest BCUT2D eigenvalue weighted by atomic mass is 10.1. The number of hydrogen-bond acceptors (Lipinski definition) is 2. The van der Waals surface area contributed by atoms with Crippen molar-refractivity contribution in [3.8, 4) is 0 Å². The Morgan fingerprint density at radius 2 is 2.25 bits per heavy atom. The Morgan fingerprint density at radius 3 is 2.88 bits per heavy atom. The topological polar surface area (TPSA) is 37.5 Å². The van der Waals surface area contributed by atoms with Gasteiger partial charge in [0.2, 0.25) is 0 Å². The SMILES string of the molecule is CCn1cc(/C(Cl)=N/O)c2ccc(C)cc21. The molecule has 0 saturated heterocycles. The first-order valence-electron chi connectivity index (χ1n) is 5.14. The van der Waals surface area contributed by atoms with Crippen molar-refractivity contribution < 1.29 is 5.21 Å². The summed E-state index contributed by atoms with van der Waals surface area (Å²) in [5, 5.41) is 12.9. The zero-order valence-electron chi connectivity index (χ0n) is 9.24. The maximum Gasteiger partial charge on any atom is 0.177 e. The number of aryl methyl sites for hydroxylation is 2. The van der Waals surface area contributed by atoms with Gasteiger partial charge in [-0.05, 0) is 25.5 Å². The first kappa shape index (κ1) is 11.0. The minimum atomic E-state index is 0.126. The van der Waals surface area contributed by atoms with Crippen molar-refractivity contribution in [2.75, 3.05) is 0 Å². The van der Waals surface area contributed by atoms with Gasteiger partial charge in [-0.15, -0.1) is 0 Å². The van der Waals surface area contributed by atoms with Crippen molar-refractivity contribution in [3.05, 3.63) is 35.5 Å². The Morgan fingerprint density at radius 1 is 1.50 bits per heavy atom. The minimum Gasteiger partial charge on any atom is -0.410 e. The molecule has 84 valence electrons. The van der Waals surface area contributed by atoms with E-state index in [-0.39, 0.29) is 5.17 Å². The highest BCUT2D eigenvalue weighted by Crippen LogP contribution is 2.24. The van der Waals surface area contributed by atoms with Gasteiger partial charge in [-0.2, -0.15) is 0 Å². The molecule has 2 aromatic rings. The molecule has 0 spiro atoms. The van der Waals surface area contributed by atoms with E-state index in [9.17, 15) is 0 Å². The third kappa shape index (κ3) is 1.67. The van der Waals surface area contributed by atoms with Crippen LogP contribution in [0, 0.1) is 6.92 Å². The number of halogens is 1. The molecular formula is C12H13ClN2O. The fourth-order valence-corrected chi connectivity index (χ4v) is 2.03. The zero-order chi connectivity index (χ0) is 11.7. The predicted octanol–water partition coefficient (Wildman–Crippen LogP) is 3.34. The number of fused-ring (bicyclic) bond motifs is 1. The molecule has 16 heavy (non-hydrogen) atoms. The lowest BCUT2D eigenvalue weighted by molar-refractivity contribution is 0.321. The van der Waals surface area contributed by atoms with Crippen LogP contribution in [0.4, 0.5) is 0 Å². The Labute approximate surface area is 98.9 Å². The van der Waals surface area contributed by atoms with Crippen molar-refractivity contribution in [3.63, 3.8) is 0 Å². The molecule has 0 radical (unpaired) electrons. The largest absolute Gasteiger partial charge is 0.410 e. The highest BCUT2D eigenvalue weighted by Gasteiger charge is 2.11. The zero-order valence-corrected chi connectivity index (χ0v) is 9.99. The van der Waals surface area contributed by atoms with E-state index in [0.717, 1.165) is 23.0 Å². The third-order valence-electron chi connectivity index (χ3n) is 2.69. The van der Waals surface area contributed by atoms with Crippen LogP contribution < -0.4 is 0 Å². The van der Waals surface area contributed by atoms with Gasteiger partial charge >= 0.3 is 0 Å². The summed E-state index contributed by atoms with van der Waals surface area (Å²) in [7, 11) is 0. The number of hydrogen-bond donors (Lipinski definition) is 1. The lowest BCUT2D eigenvalue weighted by Gasteiger charge is -2.00. The molecule has 0 fully saturated rings. The quantitative estimate of drug-likeness (QED) is 0.485. The average molecular weight is 237 g/mol. The molecule has 0 bridgehead atoms. The van der Waals surface area contributed by atoms with Gasteiger partial charge in [0.25, 0.3) is 0 Å². The van der Waals surface area contributed by atoms with E-state index in [1.807, 2.05) is 25.3 Å². The summed E-state index contributed by atoms with van der Waals surface area (Å²) in [5.41, 5.74) is 3.07. The van der Waals surface area contributed by atoms with E-state index in [0.29, 0.717) is 0 Å². The minimum absolute atomic E-state index is 0.126. The van der Waals surface area contributed by atoms with Gasteiger partial charge in [0.1, 0.15) is 0 Å². The number of oxime groups is 1. The highest BCUT2D eigenvalue weighted by atomic mass is 35.5. The summed E-state index contributed by atoms with van der Waals surface area (Å²) < 4.78 is 2.09. The van der Waals surface area contributed by atoms with Gasteiger partial charge in [0.15, 0.2) is 5.17 Å². The molecule has 4 heteroatoms. The monoisotopic (exact) mass is 236 g/mol. The molecule has 1 aromatic carbocycles. The molecule has 0 atom stereocenters. The summed E-state index contributed by atoms with van der Waals surface area (Å²) in [4.78, 5) is 0. The van der Waals surface area contributed by atoms with Gasteiger partial charge in [-0.3, -0.25) is 0 Å². The predicted molar refractivity (Wildman–Crippen MR) is 66.5 cm³/mol. The fourth-order valence-electron chi connectivity index (χ4n) is 1.88. The Bertz CT molecular complexity index is 557. The summed E-state index contributed by atoms with van der Waals surface area (Å²) in [6, 6.07) is 6.12. The lowest BCUT2D eigenvalue weighted by Crippen LogP contribution is -1.91. The van der Waals surface area contributed by atoms with Crippen molar-refractivity contribution in [2.45, 2.75) is 20.4 Å². The number of aromatic nitrogens is 1. The summed E-state index contributed by atoms with van der Waals surface area (Å²) in [6.07, 6.45) is 1.91. The molecule has 0 aliphatic heterocycles. The first-order chi connectivity index (χ1) is 7.67. The molecule has 2 rings (SSSR count). The van der Waals surface area contributed by atoms with Crippen LogP contribution >= 0.6 is 11.6 Å².